The normalized spacial score (nSPS) is 10.8. The molecule has 0 radical (unpaired) electrons. The van der Waals surface area contributed by atoms with E-state index in [0.717, 1.165) is 19.5 Å². The first kappa shape index (κ1) is 16.7. The smallest absolute Gasteiger partial charge is 0.244 e. The molecule has 0 fully saturated rings. The van der Waals surface area contributed by atoms with Crippen LogP contribution < -0.4 is 10.6 Å². The van der Waals surface area contributed by atoms with Crippen molar-refractivity contribution < 1.29 is 0 Å². The Morgan fingerprint density at radius 1 is 1.18 bits per heavy atom. The van der Waals surface area contributed by atoms with Gasteiger partial charge in [-0.2, -0.15) is 10.1 Å². The van der Waals surface area contributed by atoms with E-state index in [2.05, 4.69) is 30.7 Å². The average Bonchev–Trinajstić information content (AvgIpc) is 2.48. The van der Waals surface area contributed by atoms with Crippen molar-refractivity contribution in [2.24, 2.45) is 0 Å². The Morgan fingerprint density at radius 3 is 2.59 bits per heavy atom. The summed E-state index contributed by atoms with van der Waals surface area (Å²) in [5.41, 5.74) is 0.602. The van der Waals surface area contributed by atoms with Gasteiger partial charge in [-0.25, -0.2) is 0 Å². The van der Waals surface area contributed by atoms with Gasteiger partial charge in [-0.05, 0) is 39.2 Å². The van der Waals surface area contributed by atoms with E-state index in [4.69, 9.17) is 23.2 Å². The lowest BCUT2D eigenvalue weighted by Gasteiger charge is -2.11. The van der Waals surface area contributed by atoms with E-state index < -0.39 is 0 Å². The fourth-order valence-electron chi connectivity index (χ4n) is 1.78. The van der Waals surface area contributed by atoms with Gasteiger partial charge in [-0.3, -0.25) is 0 Å². The number of hydrogen-bond donors (Lipinski definition) is 2. The highest BCUT2D eigenvalue weighted by molar-refractivity contribution is 6.39. The van der Waals surface area contributed by atoms with Crippen LogP contribution in [0, 0.1) is 0 Å². The molecule has 1 heterocycles. The Kier molecular flexibility index (Phi) is 6.18. The van der Waals surface area contributed by atoms with E-state index in [-0.39, 0.29) is 0 Å². The lowest BCUT2D eigenvalue weighted by molar-refractivity contribution is 0.405. The zero-order valence-electron chi connectivity index (χ0n) is 12.5. The van der Waals surface area contributed by atoms with Crippen LogP contribution in [-0.4, -0.2) is 47.3 Å². The monoisotopic (exact) mass is 340 g/mol. The maximum atomic E-state index is 6.12. The topological polar surface area (TPSA) is 66.0 Å². The highest BCUT2D eigenvalue weighted by Gasteiger charge is 2.07. The average molecular weight is 341 g/mol. The SMILES string of the molecule is CN(C)CCCNc1nncc(Nc2c(Cl)cccc2Cl)n1. The number of rotatable bonds is 7. The van der Waals surface area contributed by atoms with Crippen molar-refractivity contribution >= 4 is 40.7 Å². The van der Waals surface area contributed by atoms with Gasteiger partial charge in [-0.1, -0.05) is 29.3 Å². The molecular weight excluding hydrogens is 323 g/mol. The molecule has 0 saturated heterocycles. The van der Waals surface area contributed by atoms with E-state index in [1.54, 1.807) is 18.2 Å². The van der Waals surface area contributed by atoms with Gasteiger partial charge in [0.2, 0.25) is 5.95 Å². The van der Waals surface area contributed by atoms with E-state index in [0.29, 0.717) is 27.5 Å². The maximum absolute atomic E-state index is 6.12. The summed E-state index contributed by atoms with van der Waals surface area (Å²) in [4.78, 5) is 6.46. The van der Waals surface area contributed by atoms with Crippen LogP contribution >= 0.6 is 23.2 Å². The van der Waals surface area contributed by atoms with Crippen molar-refractivity contribution in [3.8, 4) is 0 Å². The predicted molar refractivity (Wildman–Crippen MR) is 91.2 cm³/mol. The minimum atomic E-state index is 0.465. The number of halogens is 2. The molecule has 6 nitrogen and oxygen atoms in total. The summed E-state index contributed by atoms with van der Waals surface area (Å²) in [5, 5.41) is 15.1. The van der Waals surface area contributed by atoms with Crippen LogP contribution in [0.25, 0.3) is 0 Å². The van der Waals surface area contributed by atoms with Crippen LogP contribution in [-0.2, 0) is 0 Å². The molecule has 1 aromatic carbocycles. The molecule has 2 N–H and O–H groups in total. The van der Waals surface area contributed by atoms with Gasteiger partial charge < -0.3 is 15.5 Å². The van der Waals surface area contributed by atoms with Crippen LogP contribution in [0.3, 0.4) is 0 Å². The molecule has 0 spiro atoms. The summed E-state index contributed by atoms with van der Waals surface area (Å²) in [6, 6.07) is 5.29. The minimum Gasteiger partial charge on any atom is -0.353 e. The van der Waals surface area contributed by atoms with Gasteiger partial charge >= 0.3 is 0 Å². The van der Waals surface area contributed by atoms with Crippen LogP contribution in [0.2, 0.25) is 10.0 Å². The maximum Gasteiger partial charge on any atom is 0.244 e. The van der Waals surface area contributed by atoms with E-state index >= 15 is 0 Å². The Morgan fingerprint density at radius 2 is 1.91 bits per heavy atom. The Bertz CT molecular complexity index is 600. The second-order valence-electron chi connectivity index (χ2n) is 4.97. The molecule has 0 unspecified atom stereocenters. The number of nitrogens with zero attached hydrogens (tertiary/aromatic N) is 4. The molecule has 0 amide bonds. The standard InChI is InChI=1S/C14H18Cl2N6/c1-22(2)8-4-7-17-14-20-12(9-18-21-14)19-13-10(15)5-3-6-11(13)16/h3,5-6,9H,4,7-8H2,1-2H3,(H2,17,19,20,21). The number of anilines is 3. The summed E-state index contributed by atoms with van der Waals surface area (Å²) >= 11 is 12.2. The highest BCUT2D eigenvalue weighted by Crippen LogP contribution is 2.31. The first-order chi connectivity index (χ1) is 10.6. The quantitative estimate of drug-likeness (QED) is 0.754. The number of nitrogens with one attached hydrogen (secondary N) is 2. The van der Waals surface area contributed by atoms with Crippen molar-refractivity contribution in [3.63, 3.8) is 0 Å². The predicted octanol–water partition coefficient (Wildman–Crippen LogP) is 3.29. The van der Waals surface area contributed by atoms with Crippen LogP contribution in [0.4, 0.5) is 17.5 Å². The van der Waals surface area contributed by atoms with Gasteiger partial charge in [-0.15, -0.1) is 5.10 Å². The van der Waals surface area contributed by atoms with Crippen molar-refractivity contribution in [2.75, 3.05) is 37.8 Å². The number of aromatic nitrogens is 3. The Hall–Kier alpha value is -1.63. The summed E-state index contributed by atoms with van der Waals surface area (Å²) in [6.07, 6.45) is 2.51. The molecule has 0 aliphatic carbocycles. The van der Waals surface area contributed by atoms with Crippen molar-refractivity contribution in [1.29, 1.82) is 0 Å². The second kappa shape index (κ2) is 8.12. The summed E-state index contributed by atoms with van der Waals surface area (Å²) in [6.45, 7) is 1.77. The van der Waals surface area contributed by atoms with E-state index in [9.17, 15) is 0 Å². The lowest BCUT2D eigenvalue weighted by atomic mass is 10.3. The van der Waals surface area contributed by atoms with Crippen LogP contribution in [0.15, 0.2) is 24.4 Å². The highest BCUT2D eigenvalue weighted by atomic mass is 35.5. The summed E-state index contributed by atoms with van der Waals surface area (Å²) in [5.74, 6) is 0.993. The first-order valence-electron chi connectivity index (χ1n) is 6.85. The Labute approximate surface area is 139 Å². The van der Waals surface area contributed by atoms with Crippen molar-refractivity contribution in [2.45, 2.75) is 6.42 Å². The first-order valence-corrected chi connectivity index (χ1v) is 7.61. The molecule has 0 atom stereocenters. The van der Waals surface area contributed by atoms with E-state index in [1.165, 1.54) is 6.20 Å². The van der Waals surface area contributed by atoms with Gasteiger partial charge in [0.15, 0.2) is 5.82 Å². The zero-order valence-corrected chi connectivity index (χ0v) is 14.0. The summed E-state index contributed by atoms with van der Waals surface area (Å²) in [7, 11) is 4.08. The Balaban J connectivity index is 1.99. The molecule has 0 saturated carbocycles. The van der Waals surface area contributed by atoms with Crippen molar-refractivity contribution in [1.82, 2.24) is 20.1 Å². The third kappa shape index (κ3) is 4.98. The van der Waals surface area contributed by atoms with Crippen LogP contribution in [0.1, 0.15) is 6.42 Å². The molecule has 0 aliphatic rings. The van der Waals surface area contributed by atoms with Gasteiger partial charge in [0.1, 0.15) is 0 Å². The molecule has 22 heavy (non-hydrogen) atoms. The zero-order chi connectivity index (χ0) is 15.9. The van der Waals surface area contributed by atoms with Gasteiger partial charge in [0.25, 0.3) is 0 Å². The number of para-hydroxylation sites is 1. The largest absolute Gasteiger partial charge is 0.353 e. The molecule has 2 rings (SSSR count). The van der Waals surface area contributed by atoms with E-state index in [1.807, 2.05) is 14.1 Å². The lowest BCUT2D eigenvalue weighted by Crippen LogP contribution is -2.17. The van der Waals surface area contributed by atoms with Gasteiger partial charge in [0.05, 0.1) is 21.9 Å². The fourth-order valence-corrected chi connectivity index (χ4v) is 2.27. The molecule has 118 valence electrons. The molecule has 0 bridgehead atoms. The van der Waals surface area contributed by atoms with Gasteiger partial charge in [0, 0.05) is 6.54 Å². The molecule has 1 aromatic heterocycles. The minimum absolute atomic E-state index is 0.465. The molecule has 2 aromatic rings. The molecule has 8 heteroatoms. The fraction of sp³-hybridized carbons (Fsp3) is 0.357. The molecular formula is C14H18Cl2N6. The number of hydrogen-bond acceptors (Lipinski definition) is 6. The third-order valence-electron chi connectivity index (χ3n) is 2.84. The third-order valence-corrected chi connectivity index (χ3v) is 3.47. The molecule has 0 aliphatic heterocycles. The van der Waals surface area contributed by atoms with Crippen molar-refractivity contribution in [3.05, 3.63) is 34.4 Å². The number of benzene rings is 1. The summed E-state index contributed by atoms with van der Waals surface area (Å²) < 4.78 is 0. The second-order valence-corrected chi connectivity index (χ2v) is 5.78. The van der Waals surface area contributed by atoms with Crippen LogP contribution in [0.5, 0.6) is 0 Å².